The van der Waals surface area contributed by atoms with Crippen LogP contribution in [0.25, 0.3) is 0 Å². The highest BCUT2D eigenvalue weighted by atomic mass is 16.5. The van der Waals surface area contributed by atoms with E-state index in [1.54, 1.807) is 13.8 Å². The van der Waals surface area contributed by atoms with Gasteiger partial charge in [0.1, 0.15) is 0 Å². The van der Waals surface area contributed by atoms with Crippen molar-refractivity contribution < 1.29 is 9.84 Å². The highest BCUT2D eigenvalue weighted by molar-refractivity contribution is 5.16. The van der Waals surface area contributed by atoms with E-state index < -0.39 is 11.7 Å². The topological polar surface area (TPSA) is 53.2 Å². The van der Waals surface area contributed by atoms with Crippen LogP contribution < -0.4 is 0 Å². The van der Waals surface area contributed by atoms with E-state index >= 15 is 0 Å². The molecule has 0 bridgehead atoms. The van der Waals surface area contributed by atoms with Gasteiger partial charge in [0.25, 0.3) is 0 Å². The van der Waals surface area contributed by atoms with Crippen LogP contribution in [0.1, 0.15) is 40.5 Å². The zero-order chi connectivity index (χ0) is 11.0. The fourth-order valence-electron chi connectivity index (χ4n) is 1.44. The van der Waals surface area contributed by atoms with Crippen molar-refractivity contribution in [2.45, 2.75) is 58.3 Å². The zero-order valence-electron chi connectivity index (χ0n) is 9.37. The molecule has 0 aromatic rings. The molecule has 14 heavy (non-hydrogen) atoms. The summed E-state index contributed by atoms with van der Waals surface area (Å²) in [6, 6.07) is 2.23. The van der Waals surface area contributed by atoms with Gasteiger partial charge in [-0.25, -0.2) is 0 Å². The molecule has 1 saturated carbocycles. The van der Waals surface area contributed by atoms with Gasteiger partial charge in [0, 0.05) is 5.41 Å². The Morgan fingerprint density at radius 3 is 2.29 bits per heavy atom. The normalized spacial score (nSPS) is 27.1. The summed E-state index contributed by atoms with van der Waals surface area (Å²) in [5.41, 5.74) is -0.783. The number of aliphatic hydroxyl groups is 1. The molecule has 0 aromatic heterocycles. The standard InChI is InChI=1S/C11H19NO2/c1-8(13)9(2)14-11(4,7-12)10(3)5-6-10/h8-9,13H,5-6H2,1-4H3. The van der Waals surface area contributed by atoms with Crippen LogP contribution >= 0.6 is 0 Å². The lowest BCUT2D eigenvalue weighted by molar-refractivity contribution is -0.115. The molecule has 0 aliphatic heterocycles. The Hall–Kier alpha value is -0.590. The number of rotatable bonds is 4. The lowest BCUT2D eigenvalue weighted by Gasteiger charge is -2.33. The molecule has 3 atom stereocenters. The van der Waals surface area contributed by atoms with E-state index in [-0.39, 0.29) is 11.5 Å². The van der Waals surface area contributed by atoms with E-state index in [0.717, 1.165) is 12.8 Å². The van der Waals surface area contributed by atoms with E-state index in [9.17, 15) is 5.11 Å². The Bertz CT molecular complexity index is 253. The van der Waals surface area contributed by atoms with Gasteiger partial charge >= 0.3 is 0 Å². The predicted molar refractivity (Wildman–Crippen MR) is 53.6 cm³/mol. The van der Waals surface area contributed by atoms with E-state index in [1.807, 2.05) is 6.92 Å². The number of nitrogens with zero attached hydrogens (tertiary/aromatic N) is 1. The van der Waals surface area contributed by atoms with Crippen molar-refractivity contribution in [1.29, 1.82) is 5.26 Å². The molecule has 1 N–H and O–H groups in total. The summed E-state index contributed by atoms with van der Waals surface area (Å²) in [4.78, 5) is 0. The van der Waals surface area contributed by atoms with Crippen molar-refractivity contribution in [3.8, 4) is 6.07 Å². The maximum atomic E-state index is 9.33. The highest BCUT2D eigenvalue weighted by Crippen LogP contribution is 2.55. The Morgan fingerprint density at radius 1 is 1.50 bits per heavy atom. The van der Waals surface area contributed by atoms with Crippen LogP contribution in [-0.2, 0) is 4.74 Å². The third-order valence-corrected chi connectivity index (χ3v) is 3.47. The minimum atomic E-state index is -0.761. The predicted octanol–water partition coefficient (Wildman–Crippen LogP) is 1.85. The number of hydrogen-bond acceptors (Lipinski definition) is 3. The fraction of sp³-hybridized carbons (Fsp3) is 0.909. The summed E-state index contributed by atoms with van der Waals surface area (Å²) in [5, 5.41) is 18.5. The van der Waals surface area contributed by atoms with Gasteiger partial charge in [-0.2, -0.15) is 5.26 Å². The second kappa shape index (κ2) is 3.52. The minimum Gasteiger partial charge on any atom is -0.391 e. The second-order valence-corrected chi connectivity index (χ2v) is 4.77. The van der Waals surface area contributed by atoms with E-state index in [0.29, 0.717) is 0 Å². The van der Waals surface area contributed by atoms with Gasteiger partial charge in [-0.15, -0.1) is 0 Å². The highest BCUT2D eigenvalue weighted by Gasteiger charge is 2.55. The molecule has 1 fully saturated rings. The smallest absolute Gasteiger partial charge is 0.157 e. The Balaban J connectivity index is 2.68. The van der Waals surface area contributed by atoms with E-state index in [2.05, 4.69) is 13.0 Å². The van der Waals surface area contributed by atoms with Crippen molar-refractivity contribution >= 4 is 0 Å². The number of aliphatic hydroxyl groups excluding tert-OH is 1. The Labute approximate surface area is 85.7 Å². The number of hydrogen-bond donors (Lipinski definition) is 1. The third-order valence-electron chi connectivity index (χ3n) is 3.47. The summed E-state index contributed by atoms with van der Waals surface area (Å²) < 4.78 is 5.66. The summed E-state index contributed by atoms with van der Waals surface area (Å²) in [7, 11) is 0. The lowest BCUT2D eigenvalue weighted by atomic mass is 9.88. The number of nitriles is 1. The first kappa shape index (κ1) is 11.5. The first-order valence-corrected chi connectivity index (χ1v) is 5.12. The van der Waals surface area contributed by atoms with Crippen LogP contribution in [-0.4, -0.2) is 22.9 Å². The first-order valence-electron chi connectivity index (χ1n) is 5.12. The molecule has 1 aliphatic carbocycles. The van der Waals surface area contributed by atoms with Gasteiger partial charge in [-0.3, -0.25) is 0 Å². The largest absolute Gasteiger partial charge is 0.391 e. The molecule has 0 radical (unpaired) electrons. The van der Waals surface area contributed by atoms with Gasteiger partial charge in [0.2, 0.25) is 0 Å². The van der Waals surface area contributed by atoms with Crippen molar-refractivity contribution in [2.24, 2.45) is 5.41 Å². The van der Waals surface area contributed by atoms with Crippen LogP contribution in [0.5, 0.6) is 0 Å². The second-order valence-electron chi connectivity index (χ2n) is 4.77. The minimum absolute atomic E-state index is 0.0229. The van der Waals surface area contributed by atoms with E-state index in [4.69, 9.17) is 10.00 Å². The zero-order valence-corrected chi connectivity index (χ0v) is 9.37. The molecule has 0 aromatic carbocycles. The molecule has 1 rings (SSSR count). The maximum Gasteiger partial charge on any atom is 0.157 e. The van der Waals surface area contributed by atoms with Crippen molar-refractivity contribution in [3.63, 3.8) is 0 Å². The van der Waals surface area contributed by atoms with E-state index in [1.165, 1.54) is 0 Å². The quantitative estimate of drug-likeness (QED) is 0.748. The van der Waals surface area contributed by atoms with Crippen LogP contribution in [0.15, 0.2) is 0 Å². The molecule has 0 amide bonds. The average molecular weight is 197 g/mol. The monoisotopic (exact) mass is 197 g/mol. The van der Waals surface area contributed by atoms with Crippen molar-refractivity contribution in [1.82, 2.24) is 0 Å². The molecule has 0 saturated heterocycles. The van der Waals surface area contributed by atoms with Gasteiger partial charge in [0.15, 0.2) is 5.60 Å². The fourth-order valence-corrected chi connectivity index (χ4v) is 1.44. The molecule has 0 spiro atoms. The Morgan fingerprint density at radius 2 is 2.00 bits per heavy atom. The van der Waals surface area contributed by atoms with Gasteiger partial charge < -0.3 is 9.84 Å². The third kappa shape index (κ3) is 1.92. The Kier molecular flexibility index (Phi) is 2.89. The SMILES string of the molecule is CC(O)C(C)OC(C)(C#N)C1(C)CC1. The molecule has 3 heteroatoms. The van der Waals surface area contributed by atoms with Crippen molar-refractivity contribution in [2.75, 3.05) is 0 Å². The van der Waals surface area contributed by atoms with Crippen LogP contribution in [0.4, 0.5) is 0 Å². The maximum absolute atomic E-state index is 9.33. The summed E-state index contributed by atoms with van der Waals surface area (Å²) in [6.07, 6.45) is 1.23. The molecule has 1 aliphatic rings. The molecule has 80 valence electrons. The first-order chi connectivity index (χ1) is 6.34. The molecular weight excluding hydrogens is 178 g/mol. The molecular formula is C11H19NO2. The van der Waals surface area contributed by atoms with Crippen LogP contribution in [0.2, 0.25) is 0 Å². The molecule has 0 heterocycles. The van der Waals surface area contributed by atoms with Crippen LogP contribution in [0, 0.1) is 16.7 Å². The van der Waals surface area contributed by atoms with Crippen LogP contribution in [0.3, 0.4) is 0 Å². The molecule has 3 unspecified atom stereocenters. The lowest BCUT2D eigenvalue weighted by Crippen LogP contribution is -2.42. The van der Waals surface area contributed by atoms with Gasteiger partial charge in [-0.1, -0.05) is 6.92 Å². The van der Waals surface area contributed by atoms with Gasteiger partial charge in [0.05, 0.1) is 18.3 Å². The summed E-state index contributed by atoms with van der Waals surface area (Å²) in [5.74, 6) is 0. The van der Waals surface area contributed by atoms with Crippen molar-refractivity contribution in [3.05, 3.63) is 0 Å². The number of ether oxygens (including phenoxy) is 1. The molecule has 3 nitrogen and oxygen atoms in total. The van der Waals surface area contributed by atoms with Gasteiger partial charge in [-0.05, 0) is 33.6 Å². The summed E-state index contributed by atoms with van der Waals surface area (Å²) >= 11 is 0. The average Bonchev–Trinajstić information content (AvgIpc) is 2.84. The summed E-state index contributed by atoms with van der Waals surface area (Å²) in [6.45, 7) is 7.35.